The minimum Gasteiger partial charge on any atom is -0.385 e. The Bertz CT molecular complexity index is 382. The third-order valence-corrected chi connectivity index (χ3v) is 3.64. The van der Waals surface area contributed by atoms with Gasteiger partial charge in [-0.2, -0.15) is 0 Å². The predicted octanol–water partition coefficient (Wildman–Crippen LogP) is 1.29. The van der Waals surface area contributed by atoms with Gasteiger partial charge in [0.05, 0.1) is 17.2 Å². The van der Waals surface area contributed by atoms with Gasteiger partial charge in [-0.25, -0.2) is 4.98 Å². The molecule has 19 heavy (non-hydrogen) atoms. The number of hydrogen-bond acceptors (Lipinski definition) is 5. The Morgan fingerprint density at radius 2 is 2.37 bits per heavy atom. The van der Waals surface area contributed by atoms with E-state index in [2.05, 4.69) is 22.6 Å². The highest BCUT2D eigenvalue weighted by atomic mass is 32.1. The summed E-state index contributed by atoms with van der Waals surface area (Å²) in [6, 6.07) is 0. The number of carbonyl (C=O) groups is 1. The normalized spacial score (nSPS) is 10.9. The highest BCUT2D eigenvalue weighted by molar-refractivity contribution is 7.09. The molecule has 0 aliphatic carbocycles. The third-order valence-electron chi connectivity index (χ3n) is 2.59. The van der Waals surface area contributed by atoms with Crippen LogP contribution in [0.4, 0.5) is 0 Å². The molecule has 0 aliphatic heterocycles. The van der Waals surface area contributed by atoms with E-state index < -0.39 is 0 Å². The number of rotatable bonds is 9. The summed E-state index contributed by atoms with van der Waals surface area (Å²) in [4.78, 5) is 18.1. The zero-order valence-corrected chi connectivity index (χ0v) is 12.8. The Balaban J connectivity index is 2.22. The lowest BCUT2D eigenvalue weighted by Crippen LogP contribution is -2.35. The fourth-order valence-electron chi connectivity index (χ4n) is 1.66. The Morgan fingerprint density at radius 3 is 3.00 bits per heavy atom. The van der Waals surface area contributed by atoms with Crippen LogP contribution in [0.3, 0.4) is 0 Å². The molecule has 0 aromatic carbocycles. The lowest BCUT2D eigenvalue weighted by Gasteiger charge is -2.14. The number of thiazole rings is 1. The molecule has 6 heteroatoms. The molecule has 1 aromatic heterocycles. The maximum absolute atomic E-state index is 11.7. The van der Waals surface area contributed by atoms with Crippen LogP contribution in [0, 0.1) is 0 Å². The molecular formula is C13H23N3O2S. The van der Waals surface area contributed by atoms with E-state index in [1.54, 1.807) is 18.4 Å². The molecule has 1 N–H and O–H groups in total. The average Bonchev–Trinajstić information content (AvgIpc) is 2.82. The predicted molar refractivity (Wildman–Crippen MR) is 77.3 cm³/mol. The summed E-state index contributed by atoms with van der Waals surface area (Å²) < 4.78 is 4.93. The summed E-state index contributed by atoms with van der Waals surface area (Å²) in [6.07, 6.45) is 1.81. The minimum absolute atomic E-state index is 0.0459. The Hall–Kier alpha value is -0.980. The van der Waals surface area contributed by atoms with Gasteiger partial charge in [-0.15, -0.1) is 11.3 Å². The van der Waals surface area contributed by atoms with Crippen LogP contribution in [0.1, 0.15) is 24.0 Å². The van der Waals surface area contributed by atoms with Crippen LogP contribution in [0.15, 0.2) is 5.38 Å². The monoisotopic (exact) mass is 285 g/mol. The number of carbonyl (C=O) groups excluding carboxylic acids is 1. The highest BCUT2D eigenvalue weighted by Crippen LogP contribution is 2.11. The number of nitrogens with one attached hydrogen (secondary N) is 1. The van der Waals surface area contributed by atoms with E-state index >= 15 is 0 Å². The lowest BCUT2D eigenvalue weighted by molar-refractivity contribution is -0.122. The maximum atomic E-state index is 11.7. The first-order valence-electron chi connectivity index (χ1n) is 6.53. The molecule has 0 unspecified atom stereocenters. The number of hydrogen-bond donors (Lipinski definition) is 1. The smallest absolute Gasteiger partial charge is 0.234 e. The van der Waals surface area contributed by atoms with Gasteiger partial charge in [0.2, 0.25) is 5.91 Å². The van der Waals surface area contributed by atoms with Crippen molar-refractivity contribution in [2.75, 3.05) is 33.9 Å². The molecule has 0 atom stereocenters. The fourth-order valence-corrected chi connectivity index (χ4v) is 2.40. The number of aryl methyl sites for hydroxylation is 1. The van der Waals surface area contributed by atoms with Crippen LogP contribution >= 0.6 is 11.3 Å². The molecule has 1 heterocycles. The van der Waals surface area contributed by atoms with Gasteiger partial charge in [-0.1, -0.05) is 6.92 Å². The SMILES string of the molecule is CCc1nc(CN(C)CC(=O)NCCCOC)cs1. The zero-order chi connectivity index (χ0) is 14.1. The summed E-state index contributed by atoms with van der Waals surface area (Å²) in [6.45, 7) is 4.54. The van der Waals surface area contributed by atoms with Crippen molar-refractivity contribution in [2.24, 2.45) is 0 Å². The van der Waals surface area contributed by atoms with Crippen molar-refractivity contribution >= 4 is 17.2 Å². The van der Waals surface area contributed by atoms with Gasteiger partial charge in [0.25, 0.3) is 0 Å². The van der Waals surface area contributed by atoms with E-state index in [1.165, 1.54) is 0 Å². The number of nitrogens with zero attached hydrogens (tertiary/aromatic N) is 2. The minimum atomic E-state index is 0.0459. The number of amides is 1. The molecule has 0 saturated heterocycles. The molecule has 0 fully saturated rings. The van der Waals surface area contributed by atoms with Gasteiger partial charge >= 0.3 is 0 Å². The lowest BCUT2D eigenvalue weighted by atomic mass is 10.4. The van der Waals surface area contributed by atoms with Gasteiger partial charge in [-0.05, 0) is 19.9 Å². The Kier molecular flexibility index (Phi) is 7.62. The van der Waals surface area contributed by atoms with Crippen molar-refractivity contribution in [3.63, 3.8) is 0 Å². The topological polar surface area (TPSA) is 54.5 Å². The first-order chi connectivity index (χ1) is 9.15. The first kappa shape index (κ1) is 16.1. The molecular weight excluding hydrogens is 262 g/mol. The van der Waals surface area contributed by atoms with Crippen molar-refractivity contribution in [1.82, 2.24) is 15.2 Å². The van der Waals surface area contributed by atoms with E-state index in [0.717, 1.165) is 23.5 Å². The standard InChI is InChI=1S/C13H23N3O2S/c1-4-13-15-11(10-19-13)8-16(2)9-12(17)14-6-5-7-18-3/h10H,4-9H2,1-3H3,(H,14,17). The van der Waals surface area contributed by atoms with Crippen LogP contribution in [0.25, 0.3) is 0 Å². The van der Waals surface area contributed by atoms with Crippen molar-refractivity contribution in [3.05, 3.63) is 16.1 Å². The summed E-state index contributed by atoms with van der Waals surface area (Å²) in [5.74, 6) is 0.0459. The average molecular weight is 285 g/mol. The Labute approximate surface area is 119 Å². The molecule has 1 aromatic rings. The summed E-state index contributed by atoms with van der Waals surface area (Å²) in [5, 5.41) is 6.08. The maximum Gasteiger partial charge on any atom is 0.234 e. The first-order valence-corrected chi connectivity index (χ1v) is 7.41. The molecule has 1 amide bonds. The summed E-state index contributed by atoms with van der Waals surface area (Å²) in [7, 11) is 3.59. The van der Waals surface area contributed by atoms with Gasteiger partial charge in [0.15, 0.2) is 0 Å². The number of ether oxygens (including phenoxy) is 1. The second-order valence-corrected chi connectivity index (χ2v) is 5.40. The van der Waals surface area contributed by atoms with Crippen molar-refractivity contribution < 1.29 is 9.53 Å². The van der Waals surface area contributed by atoms with Crippen LogP contribution < -0.4 is 5.32 Å². The van der Waals surface area contributed by atoms with Gasteiger partial charge in [0.1, 0.15) is 0 Å². The van der Waals surface area contributed by atoms with E-state index in [4.69, 9.17) is 4.74 Å². The van der Waals surface area contributed by atoms with Crippen LogP contribution in [-0.4, -0.2) is 49.6 Å². The molecule has 0 spiro atoms. The molecule has 0 radical (unpaired) electrons. The fraction of sp³-hybridized carbons (Fsp3) is 0.692. The second kappa shape index (κ2) is 9.01. The van der Waals surface area contributed by atoms with Crippen LogP contribution in [-0.2, 0) is 22.5 Å². The number of methoxy groups -OCH3 is 1. The zero-order valence-electron chi connectivity index (χ0n) is 11.9. The highest BCUT2D eigenvalue weighted by Gasteiger charge is 2.08. The molecule has 108 valence electrons. The molecule has 0 bridgehead atoms. The van der Waals surface area contributed by atoms with Gasteiger partial charge in [0, 0.05) is 32.2 Å². The van der Waals surface area contributed by atoms with Crippen molar-refractivity contribution in [1.29, 1.82) is 0 Å². The van der Waals surface area contributed by atoms with Gasteiger partial charge in [-0.3, -0.25) is 9.69 Å². The van der Waals surface area contributed by atoms with Crippen molar-refractivity contribution in [3.8, 4) is 0 Å². The van der Waals surface area contributed by atoms with E-state index in [-0.39, 0.29) is 5.91 Å². The molecule has 5 nitrogen and oxygen atoms in total. The summed E-state index contributed by atoms with van der Waals surface area (Å²) >= 11 is 1.68. The second-order valence-electron chi connectivity index (χ2n) is 4.45. The van der Waals surface area contributed by atoms with E-state index in [9.17, 15) is 4.79 Å². The molecule has 0 aliphatic rings. The Morgan fingerprint density at radius 1 is 1.58 bits per heavy atom. The van der Waals surface area contributed by atoms with E-state index in [0.29, 0.717) is 26.2 Å². The van der Waals surface area contributed by atoms with E-state index in [1.807, 2.05) is 11.9 Å². The quantitative estimate of drug-likeness (QED) is 0.695. The summed E-state index contributed by atoms with van der Waals surface area (Å²) in [5.41, 5.74) is 1.04. The van der Waals surface area contributed by atoms with Crippen molar-refractivity contribution in [2.45, 2.75) is 26.3 Å². The third kappa shape index (κ3) is 6.66. The number of likely N-dealkylation sites (N-methyl/N-ethyl adjacent to an activating group) is 1. The van der Waals surface area contributed by atoms with Gasteiger partial charge < -0.3 is 10.1 Å². The molecule has 0 saturated carbocycles. The van der Waals surface area contributed by atoms with Crippen LogP contribution in [0.2, 0.25) is 0 Å². The molecule has 1 rings (SSSR count). The largest absolute Gasteiger partial charge is 0.385 e. The van der Waals surface area contributed by atoms with Crippen LogP contribution in [0.5, 0.6) is 0 Å². The number of aromatic nitrogens is 1.